The minimum Gasteiger partial charge on any atom is -0.352 e. The second-order valence-electron chi connectivity index (χ2n) is 7.70. The molecule has 1 aliphatic rings. The van der Waals surface area contributed by atoms with Gasteiger partial charge < -0.3 is 10.2 Å². The van der Waals surface area contributed by atoms with Gasteiger partial charge in [0.15, 0.2) is 0 Å². The highest BCUT2D eigenvalue weighted by molar-refractivity contribution is 9.10. The van der Waals surface area contributed by atoms with E-state index in [9.17, 15) is 26.7 Å². The molecule has 11 heteroatoms. The van der Waals surface area contributed by atoms with Crippen molar-refractivity contribution in [1.82, 2.24) is 14.9 Å². The third kappa shape index (κ3) is 5.50. The number of anilines is 1. The molecule has 2 aromatic rings. The zero-order valence-corrected chi connectivity index (χ0v) is 18.3. The number of nitrogens with one attached hydrogen (secondary N) is 1. The predicted molar refractivity (Wildman–Crippen MR) is 108 cm³/mol. The number of halogens is 6. The molecule has 0 bridgehead atoms. The van der Waals surface area contributed by atoms with E-state index in [0.29, 0.717) is 16.9 Å². The number of carbonyl (C=O) groups excluding carboxylic acids is 1. The van der Waals surface area contributed by atoms with Gasteiger partial charge in [-0.3, -0.25) is 4.79 Å². The molecular weight excluding hydrogens is 487 g/mol. The summed E-state index contributed by atoms with van der Waals surface area (Å²) in [6.45, 7) is 2.66. The van der Waals surface area contributed by atoms with Crippen LogP contribution in [0.4, 0.5) is 27.9 Å². The van der Waals surface area contributed by atoms with E-state index in [1.165, 1.54) is 0 Å². The fourth-order valence-corrected chi connectivity index (χ4v) is 4.01. The van der Waals surface area contributed by atoms with Gasteiger partial charge in [-0.05, 0) is 40.9 Å². The number of carbonyl (C=O) groups is 1. The van der Waals surface area contributed by atoms with Crippen molar-refractivity contribution >= 4 is 27.8 Å². The number of benzene rings is 1. The third-order valence-corrected chi connectivity index (χ3v) is 5.83. The van der Waals surface area contributed by atoms with Crippen molar-refractivity contribution in [2.45, 2.75) is 38.4 Å². The summed E-state index contributed by atoms with van der Waals surface area (Å²) in [4.78, 5) is 21.5. The zero-order chi connectivity index (χ0) is 23.0. The van der Waals surface area contributed by atoms with Crippen LogP contribution in [0.15, 0.2) is 35.1 Å². The van der Waals surface area contributed by atoms with Crippen molar-refractivity contribution in [2.75, 3.05) is 18.4 Å². The molecule has 5 nitrogen and oxygen atoms in total. The summed E-state index contributed by atoms with van der Waals surface area (Å²) in [6, 6.07) is 4.45. The van der Waals surface area contributed by atoms with E-state index in [1.807, 2.05) is 0 Å². The molecule has 1 aromatic heterocycles. The lowest BCUT2D eigenvalue weighted by Gasteiger charge is -2.43. The predicted octanol–water partition coefficient (Wildman–Crippen LogP) is 5.16. The van der Waals surface area contributed by atoms with Crippen LogP contribution < -0.4 is 5.32 Å². The van der Waals surface area contributed by atoms with Gasteiger partial charge in [0.25, 0.3) is 11.8 Å². The van der Waals surface area contributed by atoms with Crippen molar-refractivity contribution < 1.29 is 26.7 Å². The van der Waals surface area contributed by atoms with Crippen LogP contribution in [-0.4, -0.2) is 45.8 Å². The highest BCUT2D eigenvalue weighted by atomic mass is 79.9. The van der Waals surface area contributed by atoms with E-state index in [2.05, 4.69) is 31.2 Å². The molecule has 2 unspecified atom stereocenters. The molecule has 2 heterocycles. The molecule has 0 spiro atoms. The van der Waals surface area contributed by atoms with Gasteiger partial charge in [-0.15, -0.1) is 0 Å². The molecule has 1 N–H and O–H groups in total. The van der Waals surface area contributed by atoms with Gasteiger partial charge >= 0.3 is 6.18 Å². The Morgan fingerprint density at radius 1 is 1.29 bits per heavy atom. The topological polar surface area (TPSA) is 58.1 Å². The SMILES string of the molecule is Cc1ccc(Br)c(C(=O)N2CC(F)(F)CC(C)C2CNc2ncc(C(F)(F)F)cn2)c1. The molecule has 1 aliphatic heterocycles. The first-order valence-electron chi connectivity index (χ1n) is 9.45. The molecule has 1 aromatic carbocycles. The van der Waals surface area contributed by atoms with Gasteiger partial charge in [0, 0.05) is 29.8 Å². The summed E-state index contributed by atoms with van der Waals surface area (Å²) in [7, 11) is 0. The van der Waals surface area contributed by atoms with Crippen LogP contribution in [0.3, 0.4) is 0 Å². The van der Waals surface area contributed by atoms with Crippen molar-refractivity contribution in [1.29, 1.82) is 0 Å². The zero-order valence-electron chi connectivity index (χ0n) is 16.7. The molecule has 2 atom stereocenters. The molecule has 31 heavy (non-hydrogen) atoms. The summed E-state index contributed by atoms with van der Waals surface area (Å²) in [5.41, 5.74) is 0.0710. The first-order chi connectivity index (χ1) is 14.4. The lowest BCUT2D eigenvalue weighted by molar-refractivity contribution is -0.138. The number of amides is 1. The Hall–Kier alpha value is -2.30. The van der Waals surface area contributed by atoms with Gasteiger partial charge in [-0.25, -0.2) is 18.7 Å². The first kappa shape index (κ1) is 23.4. The van der Waals surface area contributed by atoms with Gasteiger partial charge in [0.2, 0.25) is 5.95 Å². The quantitative estimate of drug-likeness (QED) is 0.581. The van der Waals surface area contributed by atoms with Crippen LogP contribution in [0.25, 0.3) is 0 Å². The summed E-state index contributed by atoms with van der Waals surface area (Å²) in [5, 5.41) is 2.77. The van der Waals surface area contributed by atoms with E-state index in [-0.39, 0.29) is 18.1 Å². The summed E-state index contributed by atoms with van der Waals surface area (Å²) >= 11 is 3.30. The molecule has 0 saturated carbocycles. The van der Waals surface area contributed by atoms with E-state index in [4.69, 9.17) is 0 Å². The van der Waals surface area contributed by atoms with E-state index in [1.54, 1.807) is 32.0 Å². The summed E-state index contributed by atoms with van der Waals surface area (Å²) < 4.78 is 67.1. The molecule has 1 amide bonds. The van der Waals surface area contributed by atoms with Crippen molar-refractivity contribution in [3.8, 4) is 0 Å². The summed E-state index contributed by atoms with van der Waals surface area (Å²) in [6.07, 6.45) is -3.69. The minimum absolute atomic E-state index is 0.0117. The Bertz CT molecular complexity index is 952. The number of piperidine rings is 1. The van der Waals surface area contributed by atoms with Crippen LogP contribution in [0.5, 0.6) is 0 Å². The molecule has 168 valence electrons. The molecule has 1 saturated heterocycles. The number of nitrogens with zero attached hydrogens (tertiary/aromatic N) is 3. The molecule has 3 rings (SSSR count). The maximum atomic E-state index is 14.3. The summed E-state index contributed by atoms with van der Waals surface area (Å²) in [5.74, 6) is -4.26. The van der Waals surface area contributed by atoms with Crippen molar-refractivity contribution in [3.05, 3.63) is 51.8 Å². The number of alkyl halides is 5. The number of aromatic nitrogens is 2. The third-order valence-electron chi connectivity index (χ3n) is 5.14. The smallest absolute Gasteiger partial charge is 0.352 e. The fraction of sp³-hybridized carbons (Fsp3) is 0.450. The van der Waals surface area contributed by atoms with Crippen LogP contribution in [0.2, 0.25) is 0 Å². The molecule has 0 aliphatic carbocycles. The van der Waals surface area contributed by atoms with Gasteiger partial charge in [-0.1, -0.05) is 18.6 Å². The second kappa shape index (κ2) is 8.68. The molecule has 0 radical (unpaired) electrons. The largest absolute Gasteiger partial charge is 0.419 e. The van der Waals surface area contributed by atoms with Crippen molar-refractivity contribution in [3.63, 3.8) is 0 Å². The highest BCUT2D eigenvalue weighted by Gasteiger charge is 2.46. The van der Waals surface area contributed by atoms with Crippen LogP contribution in [-0.2, 0) is 6.18 Å². The average molecular weight is 507 g/mol. The maximum Gasteiger partial charge on any atom is 0.419 e. The number of hydrogen-bond acceptors (Lipinski definition) is 4. The monoisotopic (exact) mass is 506 g/mol. The Labute approximate surface area is 184 Å². The average Bonchev–Trinajstić information content (AvgIpc) is 2.67. The Balaban J connectivity index is 1.82. The number of hydrogen-bond donors (Lipinski definition) is 1. The van der Waals surface area contributed by atoms with Crippen molar-refractivity contribution in [2.24, 2.45) is 5.92 Å². The minimum atomic E-state index is -4.56. The van der Waals surface area contributed by atoms with Gasteiger partial charge in [0.05, 0.1) is 23.7 Å². The molecule has 1 fully saturated rings. The van der Waals surface area contributed by atoms with Gasteiger partial charge in [-0.2, -0.15) is 13.2 Å². The number of aryl methyl sites for hydroxylation is 1. The standard InChI is InChI=1S/C20H20BrF5N4O/c1-11-3-4-15(21)14(5-11)17(31)30-10-19(22,23)6-12(2)16(30)9-29-18-27-7-13(8-28-18)20(24,25)26/h3-5,7-8,12,16H,6,9-10H2,1-2H3,(H,27,28,29). The first-order valence-corrected chi connectivity index (χ1v) is 10.2. The van der Waals surface area contributed by atoms with E-state index >= 15 is 0 Å². The Kier molecular flexibility index (Phi) is 6.54. The fourth-order valence-electron chi connectivity index (χ4n) is 3.60. The second-order valence-corrected chi connectivity index (χ2v) is 8.55. The Morgan fingerprint density at radius 2 is 1.94 bits per heavy atom. The lowest BCUT2D eigenvalue weighted by Crippen LogP contribution is -2.57. The van der Waals surface area contributed by atoms with Crippen LogP contribution in [0.1, 0.15) is 34.8 Å². The van der Waals surface area contributed by atoms with Crippen LogP contribution in [0, 0.1) is 12.8 Å². The molecular formula is C20H20BrF5N4O. The Morgan fingerprint density at radius 3 is 2.55 bits per heavy atom. The van der Waals surface area contributed by atoms with Gasteiger partial charge in [0.1, 0.15) is 0 Å². The normalized spacial score (nSPS) is 21.1. The van der Waals surface area contributed by atoms with E-state index in [0.717, 1.165) is 10.5 Å². The lowest BCUT2D eigenvalue weighted by atomic mass is 9.88. The highest BCUT2D eigenvalue weighted by Crippen LogP contribution is 2.36. The van der Waals surface area contributed by atoms with Crippen LogP contribution >= 0.6 is 15.9 Å². The number of rotatable bonds is 4. The maximum absolute atomic E-state index is 14.3. The number of likely N-dealkylation sites (tertiary alicyclic amines) is 1. The van der Waals surface area contributed by atoms with E-state index < -0.39 is 48.5 Å².